The number of methoxy groups -OCH3 is 1. The molecule has 3 aromatic rings. The number of likely N-dealkylation sites (tertiary alicyclic amines) is 1. The molecule has 1 saturated heterocycles. The summed E-state index contributed by atoms with van der Waals surface area (Å²) in [5.74, 6) is 1.10. The topological polar surface area (TPSA) is 99.2 Å². The van der Waals surface area contributed by atoms with Crippen molar-refractivity contribution in [3.05, 3.63) is 47.8 Å². The molecule has 9 heteroatoms. The maximum atomic E-state index is 13.1. The van der Waals surface area contributed by atoms with Crippen molar-refractivity contribution in [3.8, 4) is 11.5 Å². The quantitative estimate of drug-likeness (QED) is 0.575. The average molecular weight is 425 g/mol. The van der Waals surface area contributed by atoms with Gasteiger partial charge in [-0.25, -0.2) is 0 Å². The Hall–Kier alpha value is -3.07. The Labute approximate surface area is 181 Å². The monoisotopic (exact) mass is 424 g/mol. The van der Waals surface area contributed by atoms with Crippen LogP contribution >= 0.6 is 0 Å². The van der Waals surface area contributed by atoms with E-state index in [2.05, 4.69) is 15.2 Å². The van der Waals surface area contributed by atoms with Crippen LogP contribution in [-0.2, 0) is 21.5 Å². The number of hydrogen-bond acceptors (Lipinski definition) is 7. The number of hydrogen-bond donors (Lipinski definition) is 0. The summed E-state index contributed by atoms with van der Waals surface area (Å²) in [4.78, 5) is 23.8. The predicted octanol–water partition coefficient (Wildman–Crippen LogP) is 2.54. The van der Waals surface area contributed by atoms with Crippen molar-refractivity contribution in [2.75, 3.05) is 26.8 Å². The summed E-state index contributed by atoms with van der Waals surface area (Å²) >= 11 is 0. The van der Waals surface area contributed by atoms with Crippen molar-refractivity contribution >= 4 is 5.91 Å². The molecule has 0 bridgehead atoms. The van der Waals surface area contributed by atoms with Gasteiger partial charge in [-0.15, -0.1) is 0 Å². The first-order valence-electron chi connectivity index (χ1n) is 10.5. The highest BCUT2D eigenvalue weighted by Crippen LogP contribution is 2.37. The third-order valence-corrected chi connectivity index (χ3v) is 5.91. The molecule has 4 heterocycles. The molecule has 1 fully saturated rings. The molecule has 1 aliphatic heterocycles. The number of carbonyl (C=O) groups is 1. The Balaban J connectivity index is 1.57. The third-order valence-electron chi connectivity index (χ3n) is 5.91. The summed E-state index contributed by atoms with van der Waals surface area (Å²) in [6, 6.07) is 5.70. The van der Waals surface area contributed by atoms with Gasteiger partial charge in [-0.05, 0) is 51.3 Å². The van der Waals surface area contributed by atoms with E-state index >= 15 is 0 Å². The number of rotatable bonds is 7. The molecule has 1 atom stereocenters. The lowest BCUT2D eigenvalue weighted by Gasteiger charge is -2.41. The fourth-order valence-electron chi connectivity index (χ4n) is 4.25. The molecule has 164 valence electrons. The van der Waals surface area contributed by atoms with Crippen LogP contribution in [0.5, 0.6) is 0 Å². The lowest BCUT2D eigenvalue weighted by molar-refractivity contribution is -0.134. The van der Waals surface area contributed by atoms with Crippen molar-refractivity contribution in [1.82, 2.24) is 29.8 Å². The maximum absolute atomic E-state index is 13.1. The Morgan fingerprint density at radius 3 is 2.94 bits per heavy atom. The lowest BCUT2D eigenvalue weighted by atomic mass is 9.76. The number of piperidine rings is 1. The first-order chi connectivity index (χ1) is 15.0. The fraction of sp³-hybridized carbons (Fsp3) is 0.500. The molecule has 3 aromatic heterocycles. The van der Waals surface area contributed by atoms with Crippen molar-refractivity contribution in [2.24, 2.45) is 0 Å². The largest absolute Gasteiger partial charge is 0.385 e. The van der Waals surface area contributed by atoms with Gasteiger partial charge in [-0.1, -0.05) is 5.16 Å². The number of pyridine rings is 1. The van der Waals surface area contributed by atoms with Crippen molar-refractivity contribution in [3.63, 3.8) is 0 Å². The summed E-state index contributed by atoms with van der Waals surface area (Å²) < 4.78 is 12.7. The molecule has 1 unspecified atom stereocenters. The van der Waals surface area contributed by atoms with E-state index in [0.717, 1.165) is 29.8 Å². The lowest BCUT2D eigenvalue weighted by Crippen LogP contribution is -2.50. The van der Waals surface area contributed by atoms with Gasteiger partial charge >= 0.3 is 0 Å². The summed E-state index contributed by atoms with van der Waals surface area (Å²) in [6.07, 6.45) is 5.84. The molecule has 0 N–H and O–H groups in total. The summed E-state index contributed by atoms with van der Waals surface area (Å²) in [5, 5.41) is 8.74. The zero-order valence-corrected chi connectivity index (χ0v) is 18.2. The van der Waals surface area contributed by atoms with E-state index in [1.165, 1.54) is 0 Å². The molecular weight excluding hydrogens is 396 g/mol. The van der Waals surface area contributed by atoms with Crippen LogP contribution in [0.3, 0.4) is 0 Å². The molecular formula is C22H28N6O3. The zero-order chi connectivity index (χ0) is 21.8. The minimum Gasteiger partial charge on any atom is -0.385 e. The second-order valence-corrected chi connectivity index (χ2v) is 8.19. The van der Waals surface area contributed by atoms with Gasteiger partial charge in [-0.2, -0.15) is 10.1 Å². The van der Waals surface area contributed by atoms with E-state index in [9.17, 15) is 4.79 Å². The van der Waals surface area contributed by atoms with E-state index in [1.807, 2.05) is 36.9 Å². The van der Waals surface area contributed by atoms with Crippen LogP contribution in [0.25, 0.3) is 11.5 Å². The predicted molar refractivity (Wildman–Crippen MR) is 113 cm³/mol. The van der Waals surface area contributed by atoms with Gasteiger partial charge in [0.25, 0.3) is 5.89 Å². The van der Waals surface area contributed by atoms with Crippen molar-refractivity contribution in [2.45, 2.75) is 45.1 Å². The van der Waals surface area contributed by atoms with E-state index in [1.54, 1.807) is 24.2 Å². The number of ether oxygens (including phenoxy) is 1. The maximum Gasteiger partial charge on any atom is 0.259 e. The van der Waals surface area contributed by atoms with Crippen LogP contribution < -0.4 is 0 Å². The number of carbonyl (C=O) groups excluding carboxylic acids is 1. The number of amides is 1. The Bertz CT molecular complexity index is 1030. The highest BCUT2D eigenvalue weighted by atomic mass is 16.5. The molecule has 31 heavy (non-hydrogen) atoms. The Morgan fingerprint density at radius 1 is 1.35 bits per heavy atom. The van der Waals surface area contributed by atoms with Crippen LogP contribution in [0, 0.1) is 13.8 Å². The van der Waals surface area contributed by atoms with Gasteiger partial charge in [0, 0.05) is 44.9 Å². The molecule has 1 amide bonds. The van der Waals surface area contributed by atoms with Gasteiger partial charge in [-0.3, -0.25) is 14.5 Å². The molecule has 0 spiro atoms. The van der Waals surface area contributed by atoms with Gasteiger partial charge in [0.1, 0.15) is 6.54 Å². The van der Waals surface area contributed by atoms with Gasteiger partial charge in [0.15, 0.2) is 5.82 Å². The van der Waals surface area contributed by atoms with Crippen LogP contribution in [0.4, 0.5) is 0 Å². The standard InChI is InChI=1S/C22H28N6O3/c1-16-12-17(2)28(25-16)14-19(29)27-10-5-7-22(15-27,8-11-30-3)21-24-20(31-26-21)18-6-4-9-23-13-18/h4,6,9,12-13H,5,7-8,10-11,14-15H2,1-3H3. The minimum atomic E-state index is -0.414. The van der Waals surface area contributed by atoms with Crippen LogP contribution in [0.2, 0.25) is 0 Å². The van der Waals surface area contributed by atoms with Crippen LogP contribution in [0.15, 0.2) is 35.1 Å². The molecule has 9 nitrogen and oxygen atoms in total. The van der Waals surface area contributed by atoms with Crippen molar-refractivity contribution in [1.29, 1.82) is 0 Å². The minimum absolute atomic E-state index is 0.0451. The fourth-order valence-corrected chi connectivity index (χ4v) is 4.25. The second kappa shape index (κ2) is 8.97. The highest BCUT2D eigenvalue weighted by Gasteiger charge is 2.42. The van der Waals surface area contributed by atoms with Crippen LogP contribution in [0.1, 0.15) is 36.5 Å². The van der Waals surface area contributed by atoms with E-state index in [0.29, 0.717) is 37.8 Å². The first-order valence-corrected chi connectivity index (χ1v) is 10.5. The van der Waals surface area contributed by atoms with Gasteiger partial charge < -0.3 is 14.2 Å². The highest BCUT2D eigenvalue weighted by molar-refractivity contribution is 5.76. The SMILES string of the molecule is COCCC1(c2noc(-c3cccnc3)n2)CCCN(C(=O)Cn2nc(C)cc2C)C1. The summed E-state index contributed by atoms with van der Waals surface area (Å²) in [6.45, 7) is 5.91. The molecule has 1 aliphatic rings. The zero-order valence-electron chi connectivity index (χ0n) is 18.2. The average Bonchev–Trinajstić information content (AvgIpc) is 3.40. The van der Waals surface area contributed by atoms with E-state index in [-0.39, 0.29) is 12.5 Å². The van der Waals surface area contributed by atoms with Gasteiger partial charge in [0.05, 0.1) is 16.7 Å². The third kappa shape index (κ3) is 4.51. The Morgan fingerprint density at radius 2 is 2.23 bits per heavy atom. The molecule has 0 saturated carbocycles. The Kier molecular flexibility index (Phi) is 6.13. The normalized spacial score (nSPS) is 19.0. The van der Waals surface area contributed by atoms with E-state index in [4.69, 9.17) is 14.2 Å². The number of nitrogens with zero attached hydrogens (tertiary/aromatic N) is 6. The van der Waals surface area contributed by atoms with E-state index < -0.39 is 5.41 Å². The number of aryl methyl sites for hydroxylation is 2. The second-order valence-electron chi connectivity index (χ2n) is 8.19. The summed E-state index contributed by atoms with van der Waals surface area (Å²) in [5.41, 5.74) is 2.25. The number of aromatic nitrogens is 5. The molecule has 0 radical (unpaired) electrons. The smallest absolute Gasteiger partial charge is 0.259 e. The molecule has 0 aromatic carbocycles. The van der Waals surface area contributed by atoms with Crippen molar-refractivity contribution < 1.29 is 14.1 Å². The summed E-state index contributed by atoms with van der Waals surface area (Å²) in [7, 11) is 1.68. The van der Waals surface area contributed by atoms with Crippen LogP contribution in [-0.4, -0.2) is 62.5 Å². The molecule has 4 rings (SSSR count). The van der Waals surface area contributed by atoms with Gasteiger partial charge in [0.2, 0.25) is 5.91 Å². The molecule has 0 aliphatic carbocycles. The first kappa shape index (κ1) is 21.2.